The van der Waals surface area contributed by atoms with Crippen molar-refractivity contribution in [2.75, 3.05) is 13.2 Å². The number of fused-ring (bicyclic) bond motifs is 1. The number of aliphatic imine (C=N–C) groups is 1. The fraction of sp³-hybridized carbons (Fsp3) is 0.850. The van der Waals surface area contributed by atoms with E-state index in [9.17, 15) is 0 Å². The molecule has 8 heteroatoms. The summed E-state index contributed by atoms with van der Waals surface area (Å²) in [5, 5.41) is 11.8. The van der Waals surface area contributed by atoms with E-state index in [-0.39, 0.29) is 29.4 Å². The summed E-state index contributed by atoms with van der Waals surface area (Å²) in [6.45, 7) is 13.3. The topological polar surface area (TPSA) is 76.4 Å². The molecule has 0 aromatic carbocycles. The van der Waals surface area contributed by atoms with E-state index >= 15 is 0 Å². The molecule has 7 nitrogen and oxygen atoms in total. The van der Waals surface area contributed by atoms with Gasteiger partial charge in [-0.2, -0.15) is 5.10 Å². The first-order chi connectivity index (χ1) is 12.9. The van der Waals surface area contributed by atoms with Crippen LogP contribution < -0.4 is 10.6 Å². The Bertz CT molecular complexity index is 659. The number of guanidine groups is 1. The summed E-state index contributed by atoms with van der Waals surface area (Å²) in [5.74, 6) is 2.86. The van der Waals surface area contributed by atoms with Gasteiger partial charge in [0.25, 0.3) is 0 Å². The molecule has 1 aliphatic carbocycles. The maximum atomic E-state index is 6.08. The number of unbranched alkanes of at least 4 members (excludes halogenated alkanes) is 1. The van der Waals surface area contributed by atoms with Gasteiger partial charge in [0, 0.05) is 37.1 Å². The number of aromatic nitrogens is 3. The lowest BCUT2D eigenvalue weighted by atomic mass is 9.64. The van der Waals surface area contributed by atoms with Crippen molar-refractivity contribution in [2.45, 2.75) is 91.5 Å². The largest absolute Gasteiger partial charge is 0.378 e. The second-order valence-electron chi connectivity index (χ2n) is 8.43. The quantitative estimate of drug-likeness (QED) is 0.259. The average Bonchev–Trinajstić information content (AvgIpc) is 2.99. The standard InChI is InChI=1S/C20H36N6O.HI/c1-6-8-11-27-17-12-16(20(17,4)5)24-19(21-7-2)23-15-9-10-18-22-14(3)25-26(18)13-15;/h15-17H,6-13H2,1-5H3,(H2,21,23,24);1H. The van der Waals surface area contributed by atoms with Crippen molar-refractivity contribution >= 4 is 29.9 Å². The molecule has 2 heterocycles. The first-order valence-corrected chi connectivity index (χ1v) is 10.5. The van der Waals surface area contributed by atoms with E-state index in [1.165, 1.54) is 6.42 Å². The number of rotatable bonds is 7. The Hall–Kier alpha value is -0.900. The van der Waals surface area contributed by atoms with Gasteiger partial charge in [-0.15, -0.1) is 24.0 Å². The van der Waals surface area contributed by atoms with Crippen LogP contribution in [0.4, 0.5) is 0 Å². The van der Waals surface area contributed by atoms with E-state index in [2.05, 4.69) is 53.4 Å². The van der Waals surface area contributed by atoms with E-state index in [0.29, 0.717) is 18.2 Å². The molecule has 1 fully saturated rings. The molecule has 2 N–H and O–H groups in total. The van der Waals surface area contributed by atoms with Gasteiger partial charge in [-0.05, 0) is 33.1 Å². The third-order valence-electron chi connectivity index (χ3n) is 5.93. The van der Waals surface area contributed by atoms with Crippen molar-refractivity contribution in [3.05, 3.63) is 11.6 Å². The molecule has 2 aliphatic rings. The van der Waals surface area contributed by atoms with Gasteiger partial charge in [0.1, 0.15) is 11.6 Å². The monoisotopic (exact) mass is 504 g/mol. The van der Waals surface area contributed by atoms with Crippen LogP contribution in [0.3, 0.4) is 0 Å². The van der Waals surface area contributed by atoms with Crippen LogP contribution in [-0.2, 0) is 17.7 Å². The fourth-order valence-electron chi connectivity index (χ4n) is 3.98. The smallest absolute Gasteiger partial charge is 0.191 e. The minimum atomic E-state index is 0. The van der Waals surface area contributed by atoms with Crippen LogP contribution in [0.5, 0.6) is 0 Å². The summed E-state index contributed by atoms with van der Waals surface area (Å²) in [4.78, 5) is 9.17. The Morgan fingerprint density at radius 1 is 1.32 bits per heavy atom. The van der Waals surface area contributed by atoms with Gasteiger partial charge in [-0.3, -0.25) is 4.99 Å². The van der Waals surface area contributed by atoms with Gasteiger partial charge < -0.3 is 15.4 Å². The molecule has 3 unspecified atom stereocenters. The van der Waals surface area contributed by atoms with Crippen LogP contribution in [0.2, 0.25) is 0 Å². The van der Waals surface area contributed by atoms with Crippen LogP contribution in [0.1, 0.15) is 65.0 Å². The summed E-state index contributed by atoms with van der Waals surface area (Å²) in [6, 6.07) is 0.714. The second-order valence-corrected chi connectivity index (χ2v) is 8.43. The Morgan fingerprint density at radius 2 is 2.11 bits per heavy atom. The molecule has 0 saturated heterocycles. The van der Waals surface area contributed by atoms with Crippen LogP contribution in [0, 0.1) is 12.3 Å². The Morgan fingerprint density at radius 3 is 2.79 bits per heavy atom. The van der Waals surface area contributed by atoms with Gasteiger partial charge in [0.2, 0.25) is 0 Å². The molecule has 3 atom stereocenters. The zero-order chi connectivity index (χ0) is 19.4. The molecule has 160 valence electrons. The summed E-state index contributed by atoms with van der Waals surface area (Å²) < 4.78 is 8.11. The molecule has 28 heavy (non-hydrogen) atoms. The van der Waals surface area contributed by atoms with Gasteiger partial charge in [-0.1, -0.05) is 27.2 Å². The van der Waals surface area contributed by atoms with Crippen molar-refractivity contribution in [3.8, 4) is 0 Å². The van der Waals surface area contributed by atoms with Crippen LogP contribution >= 0.6 is 24.0 Å². The number of nitrogens with zero attached hydrogens (tertiary/aromatic N) is 4. The van der Waals surface area contributed by atoms with Crippen molar-refractivity contribution < 1.29 is 4.74 Å². The lowest BCUT2D eigenvalue weighted by Crippen LogP contribution is -2.64. The molecule has 1 aliphatic heterocycles. The van der Waals surface area contributed by atoms with Crippen molar-refractivity contribution in [3.63, 3.8) is 0 Å². The minimum absolute atomic E-state index is 0. The molecule has 1 aromatic heterocycles. The van der Waals surface area contributed by atoms with E-state index in [4.69, 9.17) is 4.74 Å². The van der Waals surface area contributed by atoms with E-state index in [0.717, 1.165) is 63.0 Å². The number of nitrogens with one attached hydrogen (secondary N) is 2. The van der Waals surface area contributed by atoms with Gasteiger partial charge >= 0.3 is 0 Å². The lowest BCUT2D eigenvalue weighted by molar-refractivity contribution is -0.113. The molecule has 0 spiro atoms. The first-order valence-electron chi connectivity index (χ1n) is 10.5. The summed E-state index contributed by atoms with van der Waals surface area (Å²) in [5.41, 5.74) is 0.118. The summed E-state index contributed by atoms with van der Waals surface area (Å²) in [7, 11) is 0. The number of ether oxygens (including phenoxy) is 1. The highest BCUT2D eigenvalue weighted by Crippen LogP contribution is 2.42. The van der Waals surface area contributed by atoms with E-state index in [1.807, 2.05) is 11.6 Å². The molecular formula is C20H37IN6O. The molecule has 3 rings (SSSR count). The molecule has 0 amide bonds. The maximum absolute atomic E-state index is 6.08. The normalized spacial score (nSPS) is 26.0. The first kappa shape index (κ1) is 23.4. The summed E-state index contributed by atoms with van der Waals surface area (Å²) in [6.07, 6.45) is 5.71. The van der Waals surface area contributed by atoms with Crippen LogP contribution in [-0.4, -0.2) is 52.1 Å². The Labute approximate surface area is 186 Å². The number of hydrogen-bond acceptors (Lipinski definition) is 4. The van der Waals surface area contributed by atoms with Gasteiger partial charge in [0.15, 0.2) is 5.96 Å². The Balaban J connectivity index is 0.00000280. The van der Waals surface area contributed by atoms with E-state index < -0.39 is 0 Å². The van der Waals surface area contributed by atoms with Crippen LogP contribution in [0.25, 0.3) is 0 Å². The van der Waals surface area contributed by atoms with Crippen molar-refractivity contribution in [1.82, 2.24) is 25.4 Å². The molecule has 1 saturated carbocycles. The predicted molar refractivity (Wildman–Crippen MR) is 123 cm³/mol. The molecule has 0 radical (unpaired) electrons. The molecular weight excluding hydrogens is 467 g/mol. The second kappa shape index (κ2) is 10.2. The van der Waals surface area contributed by atoms with Crippen molar-refractivity contribution in [1.29, 1.82) is 0 Å². The minimum Gasteiger partial charge on any atom is -0.378 e. The van der Waals surface area contributed by atoms with Gasteiger partial charge in [0.05, 0.1) is 12.6 Å². The Kier molecular flexibility index (Phi) is 8.54. The average molecular weight is 504 g/mol. The van der Waals surface area contributed by atoms with Gasteiger partial charge in [-0.25, -0.2) is 9.67 Å². The fourth-order valence-corrected chi connectivity index (χ4v) is 3.98. The lowest BCUT2D eigenvalue weighted by Gasteiger charge is -2.52. The highest BCUT2D eigenvalue weighted by atomic mass is 127. The maximum Gasteiger partial charge on any atom is 0.191 e. The zero-order valence-corrected chi connectivity index (χ0v) is 20.3. The van der Waals surface area contributed by atoms with Crippen LogP contribution in [0.15, 0.2) is 4.99 Å². The number of hydrogen-bond donors (Lipinski definition) is 2. The summed E-state index contributed by atoms with van der Waals surface area (Å²) >= 11 is 0. The highest BCUT2D eigenvalue weighted by molar-refractivity contribution is 14.0. The number of aryl methyl sites for hydroxylation is 2. The zero-order valence-electron chi connectivity index (χ0n) is 18.0. The highest BCUT2D eigenvalue weighted by Gasteiger charge is 2.49. The SMILES string of the molecule is CCCCOC1CC(NC(=NCC)NC2CCc3nc(C)nn3C2)C1(C)C.I. The van der Waals surface area contributed by atoms with E-state index in [1.54, 1.807) is 0 Å². The third-order valence-corrected chi connectivity index (χ3v) is 5.93. The third kappa shape index (κ3) is 5.37. The predicted octanol–water partition coefficient (Wildman–Crippen LogP) is 3.06. The number of halogens is 1. The van der Waals surface area contributed by atoms with Crippen molar-refractivity contribution in [2.24, 2.45) is 10.4 Å². The molecule has 0 bridgehead atoms. The molecule has 1 aromatic rings.